The molecule has 0 unspecified atom stereocenters. The number of hydrogen-bond donors (Lipinski definition) is 1. The van der Waals surface area contributed by atoms with Crippen molar-refractivity contribution in [2.24, 2.45) is 0 Å². The SMILES string of the molecule is CCCCC(C)(C)OC[C@@H]1CCCN1. The van der Waals surface area contributed by atoms with Crippen molar-refractivity contribution in [2.45, 2.75) is 64.5 Å². The van der Waals surface area contributed by atoms with Gasteiger partial charge in [0.2, 0.25) is 0 Å². The fourth-order valence-electron chi connectivity index (χ4n) is 1.90. The molecular weight excluding hydrogens is 174 g/mol. The van der Waals surface area contributed by atoms with Gasteiger partial charge in [-0.05, 0) is 39.7 Å². The van der Waals surface area contributed by atoms with Gasteiger partial charge in [-0.25, -0.2) is 0 Å². The number of unbranched alkanes of at least 4 members (excludes halogenated alkanes) is 1. The predicted octanol–water partition coefficient (Wildman–Crippen LogP) is 2.72. The normalized spacial score (nSPS) is 22.9. The minimum atomic E-state index is 0.0697. The molecule has 0 spiro atoms. The Balaban J connectivity index is 2.14. The smallest absolute Gasteiger partial charge is 0.0627 e. The first-order valence-electron chi connectivity index (χ1n) is 6.01. The molecule has 2 nitrogen and oxygen atoms in total. The fraction of sp³-hybridized carbons (Fsp3) is 1.00. The van der Waals surface area contributed by atoms with Gasteiger partial charge < -0.3 is 10.1 Å². The van der Waals surface area contributed by atoms with Crippen molar-refractivity contribution >= 4 is 0 Å². The molecule has 1 atom stereocenters. The van der Waals surface area contributed by atoms with Crippen LogP contribution >= 0.6 is 0 Å². The number of rotatable bonds is 6. The van der Waals surface area contributed by atoms with Gasteiger partial charge in [-0.2, -0.15) is 0 Å². The first-order chi connectivity index (χ1) is 6.64. The molecule has 1 N–H and O–H groups in total. The van der Waals surface area contributed by atoms with Crippen LogP contribution in [0.25, 0.3) is 0 Å². The second kappa shape index (κ2) is 5.72. The first kappa shape index (κ1) is 12.0. The second-order valence-electron chi connectivity index (χ2n) is 4.97. The van der Waals surface area contributed by atoms with Crippen molar-refractivity contribution in [1.29, 1.82) is 0 Å². The van der Waals surface area contributed by atoms with Crippen LogP contribution in [0.5, 0.6) is 0 Å². The van der Waals surface area contributed by atoms with Crippen LogP contribution < -0.4 is 5.32 Å². The molecule has 1 fully saturated rings. The molecule has 0 aromatic carbocycles. The summed E-state index contributed by atoms with van der Waals surface area (Å²) in [5.74, 6) is 0. The van der Waals surface area contributed by atoms with E-state index < -0.39 is 0 Å². The van der Waals surface area contributed by atoms with E-state index in [-0.39, 0.29) is 5.60 Å². The van der Waals surface area contributed by atoms with E-state index in [0.717, 1.165) is 6.61 Å². The van der Waals surface area contributed by atoms with E-state index in [9.17, 15) is 0 Å². The minimum Gasteiger partial charge on any atom is -0.374 e. The lowest BCUT2D eigenvalue weighted by Gasteiger charge is -2.27. The average molecular weight is 199 g/mol. The Morgan fingerprint density at radius 1 is 1.43 bits per heavy atom. The summed E-state index contributed by atoms with van der Waals surface area (Å²) in [5.41, 5.74) is 0.0697. The molecular formula is C12H25NO. The lowest BCUT2D eigenvalue weighted by atomic mass is 10.0. The zero-order valence-electron chi connectivity index (χ0n) is 9.94. The lowest BCUT2D eigenvalue weighted by molar-refractivity contribution is -0.0328. The van der Waals surface area contributed by atoms with Crippen molar-refractivity contribution in [1.82, 2.24) is 5.32 Å². The lowest BCUT2D eigenvalue weighted by Crippen LogP contribution is -2.33. The van der Waals surface area contributed by atoms with Crippen LogP contribution in [0.2, 0.25) is 0 Å². The van der Waals surface area contributed by atoms with Crippen LogP contribution in [-0.2, 0) is 4.74 Å². The third kappa shape index (κ3) is 4.43. The molecule has 1 aliphatic rings. The van der Waals surface area contributed by atoms with Crippen molar-refractivity contribution < 1.29 is 4.74 Å². The third-order valence-electron chi connectivity index (χ3n) is 2.97. The molecule has 0 aliphatic carbocycles. The summed E-state index contributed by atoms with van der Waals surface area (Å²) in [5, 5.41) is 3.46. The molecule has 0 bridgehead atoms. The monoisotopic (exact) mass is 199 g/mol. The van der Waals surface area contributed by atoms with Gasteiger partial charge in [0.25, 0.3) is 0 Å². The van der Waals surface area contributed by atoms with Crippen LogP contribution in [0.4, 0.5) is 0 Å². The van der Waals surface area contributed by atoms with Gasteiger partial charge in [0.1, 0.15) is 0 Å². The molecule has 14 heavy (non-hydrogen) atoms. The Morgan fingerprint density at radius 2 is 2.21 bits per heavy atom. The quantitative estimate of drug-likeness (QED) is 0.710. The van der Waals surface area contributed by atoms with E-state index >= 15 is 0 Å². The second-order valence-corrected chi connectivity index (χ2v) is 4.97. The summed E-state index contributed by atoms with van der Waals surface area (Å²) in [6, 6.07) is 0.607. The van der Waals surface area contributed by atoms with Crippen LogP contribution in [0.3, 0.4) is 0 Å². The van der Waals surface area contributed by atoms with Crippen molar-refractivity contribution in [3.05, 3.63) is 0 Å². The number of hydrogen-bond acceptors (Lipinski definition) is 2. The molecule has 0 saturated carbocycles. The summed E-state index contributed by atoms with van der Waals surface area (Å²) < 4.78 is 5.95. The average Bonchev–Trinajstić information content (AvgIpc) is 2.64. The van der Waals surface area contributed by atoms with Crippen molar-refractivity contribution in [3.8, 4) is 0 Å². The predicted molar refractivity (Wildman–Crippen MR) is 60.6 cm³/mol. The van der Waals surface area contributed by atoms with Gasteiger partial charge in [-0.1, -0.05) is 19.8 Å². The maximum absolute atomic E-state index is 5.95. The van der Waals surface area contributed by atoms with Gasteiger partial charge in [0.05, 0.1) is 12.2 Å². The van der Waals surface area contributed by atoms with Crippen LogP contribution in [0.15, 0.2) is 0 Å². The highest BCUT2D eigenvalue weighted by Crippen LogP contribution is 2.19. The third-order valence-corrected chi connectivity index (χ3v) is 2.97. The standard InChI is InChI=1S/C12H25NO/c1-4-5-8-12(2,3)14-10-11-7-6-9-13-11/h11,13H,4-10H2,1-3H3/t11-/m0/s1. The van der Waals surface area contributed by atoms with Crippen LogP contribution in [0.1, 0.15) is 52.9 Å². The molecule has 0 radical (unpaired) electrons. The van der Waals surface area contributed by atoms with Gasteiger partial charge >= 0.3 is 0 Å². The van der Waals surface area contributed by atoms with Gasteiger partial charge in [-0.15, -0.1) is 0 Å². The summed E-state index contributed by atoms with van der Waals surface area (Å²) in [4.78, 5) is 0. The highest BCUT2D eigenvalue weighted by atomic mass is 16.5. The Labute approximate surface area is 88.4 Å². The Bertz CT molecular complexity index is 150. The van der Waals surface area contributed by atoms with Gasteiger partial charge in [-0.3, -0.25) is 0 Å². The van der Waals surface area contributed by atoms with E-state index in [1.54, 1.807) is 0 Å². The molecule has 0 amide bonds. The number of ether oxygens (including phenoxy) is 1. The van der Waals surface area contributed by atoms with E-state index in [1.165, 1.54) is 38.6 Å². The Hall–Kier alpha value is -0.0800. The molecule has 1 saturated heterocycles. The molecule has 2 heteroatoms. The van der Waals surface area contributed by atoms with Crippen LogP contribution in [0, 0.1) is 0 Å². The van der Waals surface area contributed by atoms with Gasteiger partial charge in [0.15, 0.2) is 0 Å². The minimum absolute atomic E-state index is 0.0697. The zero-order valence-corrected chi connectivity index (χ0v) is 9.94. The highest BCUT2D eigenvalue weighted by Gasteiger charge is 2.21. The summed E-state index contributed by atoms with van der Waals surface area (Å²) >= 11 is 0. The van der Waals surface area contributed by atoms with E-state index in [0.29, 0.717) is 6.04 Å². The van der Waals surface area contributed by atoms with Crippen molar-refractivity contribution in [2.75, 3.05) is 13.2 Å². The molecule has 1 aliphatic heterocycles. The maximum atomic E-state index is 5.95. The van der Waals surface area contributed by atoms with E-state index in [2.05, 4.69) is 26.1 Å². The van der Waals surface area contributed by atoms with Gasteiger partial charge in [0, 0.05) is 6.04 Å². The molecule has 1 rings (SSSR count). The summed E-state index contributed by atoms with van der Waals surface area (Å²) in [7, 11) is 0. The topological polar surface area (TPSA) is 21.3 Å². The van der Waals surface area contributed by atoms with E-state index in [4.69, 9.17) is 4.74 Å². The Morgan fingerprint density at radius 3 is 2.79 bits per heavy atom. The summed E-state index contributed by atoms with van der Waals surface area (Å²) in [6.45, 7) is 8.70. The molecule has 0 aromatic rings. The largest absolute Gasteiger partial charge is 0.374 e. The van der Waals surface area contributed by atoms with Crippen molar-refractivity contribution in [3.63, 3.8) is 0 Å². The molecule has 84 valence electrons. The first-order valence-corrected chi connectivity index (χ1v) is 6.01. The van der Waals surface area contributed by atoms with Crippen LogP contribution in [-0.4, -0.2) is 24.8 Å². The molecule has 1 heterocycles. The molecule has 0 aromatic heterocycles. The maximum Gasteiger partial charge on any atom is 0.0627 e. The number of nitrogens with one attached hydrogen (secondary N) is 1. The summed E-state index contributed by atoms with van der Waals surface area (Å²) in [6.07, 6.45) is 6.29. The van der Waals surface area contributed by atoms with E-state index in [1.807, 2.05) is 0 Å². The Kier molecular flexibility index (Phi) is 4.90. The highest BCUT2D eigenvalue weighted by molar-refractivity contribution is 4.76. The zero-order chi connectivity index (χ0) is 10.4. The fourth-order valence-corrected chi connectivity index (χ4v) is 1.90.